The second kappa shape index (κ2) is 6.23. The van der Waals surface area contributed by atoms with Crippen molar-refractivity contribution in [1.82, 2.24) is 0 Å². The molecule has 0 N–H and O–H groups in total. The van der Waals surface area contributed by atoms with Crippen LogP contribution < -0.4 is 0 Å². The monoisotopic (exact) mass is 200 g/mol. The first-order valence-corrected chi connectivity index (χ1v) is 5.64. The summed E-state index contributed by atoms with van der Waals surface area (Å²) >= 11 is 0. The number of allylic oxidation sites excluding steroid dienone is 9. The van der Waals surface area contributed by atoms with Gasteiger partial charge in [-0.15, -0.1) is 0 Å². The van der Waals surface area contributed by atoms with E-state index in [1.807, 2.05) is 6.92 Å². The van der Waals surface area contributed by atoms with Crippen LogP contribution in [-0.2, 0) is 0 Å². The molecular weight excluding hydrogens is 180 g/mol. The Labute approximate surface area is 93.4 Å². The zero-order valence-corrected chi connectivity index (χ0v) is 9.74. The zero-order valence-electron chi connectivity index (χ0n) is 9.74. The van der Waals surface area contributed by atoms with Gasteiger partial charge < -0.3 is 0 Å². The van der Waals surface area contributed by atoms with Crippen LogP contribution in [0.5, 0.6) is 0 Å². The highest BCUT2D eigenvalue weighted by atomic mass is 14.2. The molecule has 0 saturated heterocycles. The van der Waals surface area contributed by atoms with E-state index < -0.39 is 0 Å². The molecule has 1 atom stereocenters. The molecule has 1 unspecified atom stereocenters. The zero-order chi connectivity index (χ0) is 11.1. The number of rotatable bonds is 4. The van der Waals surface area contributed by atoms with Crippen LogP contribution in [0.15, 0.2) is 60.3 Å². The topological polar surface area (TPSA) is 0 Å². The van der Waals surface area contributed by atoms with Crippen molar-refractivity contribution < 1.29 is 0 Å². The summed E-state index contributed by atoms with van der Waals surface area (Å²) < 4.78 is 0. The third kappa shape index (κ3) is 3.39. The third-order valence-corrected chi connectivity index (χ3v) is 2.66. The van der Waals surface area contributed by atoms with Crippen molar-refractivity contribution in [2.45, 2.75) is 26.7 Å². The van der Waals surface area contributed by atoms with Crippen LogP contribution in [0.1, 0.15) is 26.7 Å². The molecule has 0 aromatic carbocycles. The maximum Gasteiger partial charge on any atom is 0.00777 e. The summed E-state index contributed by atoms with van der Waals surface area (Å²) in [5, 5.41) is 0. The summed E-state index contributed by atoms with van der Waals surface area (Å²) in [6, 6.07) is 0. The Morgan fingerprint density at radius 1 is 1.53 bits per heavy atom. The second-order valence-corrected chi connectivity index (χ2v) is 3.76. The summed E-state index contributed by atoms with van der Waals surface area (Å²) in [5.41, 5.74) is 2.60. The maximum atomic E-state index is 4.14. The molecular formula is C15H20. The van der Waals surface area contributed by atoms with Gasteiger partial charge in [0.15, 0.2) is 0 Å². The van der Waals surface area contributed by atoms with Gasteiger partial charge in [-0.2, -0.15) is 0 Å². The van der Waals surface area contributed by atoms with E-state index in [-0.39, 0.29) is 0 Å². The van der Waals surface area contributed by atoms with Crippen molar-refractivity contribution in [3.8, 4) is 0 Å². The van der Waals surface area contributed by atoms with Gasteiger partial charge in [0.1, 0.15) is 0 Å². The predicted molar refractivity (Wildman–Crippen MR) is 68.7 cm³/mol. The molecule has 0 heteroatoms. The van der Waals surface area contributed by atoms with E-state index in [1.54, 1.807) is 0 Å². The molecule has 15 heavy (non-hydrogen) atoms. The molecule has 0 fully saturated rings. The quantitative estimate of drug-likeness (QED) is 0.582. The van der Waals surface area contributed by atoms with Crippen molar-refractivity contribution in [2.24, 2.45) is 5.92 Å². The van der Waals surface area contributed by atoms with Crippen LogP contribution in [0, 0.1) is 5.92 Å². The molecule has 0 nitrogen and oxygen atoms in total. The van der Waals surface area contributed by atoms with Crippen molar-refractivity contribution in [1.29, 1.82) is 0 Å². The van der Waals surface area contributed by atoms with Gasteiger partial charge >= 0.3 is 0 Å². The van der Waals surface area contributed by atoms with E-state index in [0.29, 0.717) is 5.92 Å². The van der Waals surface area contributed by atoms with Crippen molar-refractivity contribution in [3.63, 3.8) is 0 Å². The largest absolute Gasteiger partial charge is 0.0952 e. The van der Waals surface area contributed by atoms with Crippen molar-refractivity contribution in [2.75, 3.05) is 0 Å². The highest BCUT2D eigenvalue weighted by molar-refractivity contribution is 5.36. The lowest BCUT2D eigenvalue weighted by molar-refractivity contribution is 0.715. The molecule has 1 aliphatic carbocycles. The molecule has 80 valence electrons. The molecule has 0 radical (unpaired) electrons. The van der Waals surface area contributed by atoms with Crippen molar-refractivity contribution in [3.05, 3.63) is 60.3 Å². The summed E-state index contributed by atoms with van der Waals surface area (Å²) in [5.74, 6) is 0.470. The van der Waals surface area contributed by atoms with Crippen LogP contribution >= 0.6 is 0 Å². The molecule has 0 aromatic heterocycles. The molecule has 0 amide bonds. The summed E-state index contributed by atoms with van der Waals surface area (Å²) in [4.78, 5) is 0. The Bertz CT molecular complexity index is 324. The van der Waals surface area contributed by atoms with E-state index in [4.69, 9.17) is 0 Å². The average Bonchev–Trinajstić information content (AvgIpc) is 2.48. The molecule has 0 bridgehead atoms. The van der Waals surface area contributed by atoms with Gasteiger partial charge in [0.2, 0.25) is 0 Å². The maximum absolute atomic E-state index is 4.14. The van der Waals surface area contributed by atoms with E-state index >= 15 is 0 Å². The third-order valence-electron chi connectivity index (χ3n) is 2.66. The number of hydrogen-bond donors (Lipinski definition) is 0. The van der Waals surface area contributed by atoms with Crippen LogP contribution in [0.3, 0.4) is 0 Å². The molecule has 0 spiro atoms. The summed E-state index contributed by atoms with van der Waals surface area (Å²) in [6.45, 7) is 8.39. The first kappa shape index (κ1) is 11.8. The van der Waals surface area contributed by atoms with Crippen LogP contribution in [0.4, 0.5) is 0 Å². The van der Waals surface area contributed by atoms with Crippen LogP contribution in [-0.4, -0.2) is 0 Å². The summed E-state index contributed by atoms with van der Waals surface area (Å²) in [6.07, 6.45) is 17.2. The van der Waals surface area contributed by atoms with Gasteiger partial charge in [-0.25, -0.2) is 0 Å². The SMILES string of the molecule is C=C(/C=C\C)C(CC)C1=CCC=CC=C1. The lowest BCUT2D eigenvalue weighted by Gasteiger charge is -2.16. The van der Waals surface area contributed by atoms with Gasteiger partial charge in [-0.3, -0.25) is 0 Å². The van der Waals surface area contributed by atoms with Crippen LogP contribution in [0.2, 0.25) is 0 Å². The van der Waals surface area contributed by atoms with E-state index in [2.05, 4.69) is 56.0 Å². The van der Waals surface area contributed by atoms with Gasteiger partial charge in [0.25, 0.3) is 0 Å². The van der Waals surface area contributed by atoms with Crippen molar-refractivity contribution >= 4 is 0 Å². The Balaban J connectivity index is 2.82. The van der Waals surface area contributed by atoms with E-state index in [0.717, 1.165) is 12.8 Å². The Kier molecular flexibility index (Phi) is 4.89. The van der Waals surface area contributed by atoms with Crippen LogP contribution in [0.25, 0.3) is 0 Å². The minimum atomic E-state index is 0.470. The predicted octanol–water partition coefficient (Wildman–Crippen LogP) is 4.59. The minimum Gasteiger partial charge on any atom is -0.0952 e. The molecule has 1 rings (SSSR count). The molecule has 0 heterocycles. The fraction of sp³-hybridized carbons (Fsp3) is 0.333. The van der Waals surface area contributed by atoms with Gasteiger partial charge in [0.05, 0.1) is 0 Å². The Morgan fingerprint density at radius 3 is 3.00 bits per heavy atom. The normalized spacial score (nSPS) is 17.6. The number of hydrogen-bond acceptors (Lipinski definition) is 0. The first-order chi connectivity index (χ1) is 7.29. The molecule has 0 aliphatic heterocycles. The Hall–Kier alpha value is -1.30. The highest BCUT2D eigenvalue weighted by Crippen LogP contribution is 2.26. The smallest absolute Gasteiger partial charge is 0.00777 e. The lowest BCUT2D eigenvalue weighted by atomic mass is 9.88. The average molecular weight is 200 g/mol. The molecule has 0 saturated carbocycles. The van der Waals surface area contributed by atoms with Gasteiger partial charge in [0, 0.05) is 5.92 Å². The molecule has 0 aromatic rings. The van der Waals surface area contributed by atoms with Gasteiger partial charge in [-0.1, -0.05) is 56.0 Å². The minimum absolute atomic E-state index is 0.470. The summed E-state index contributed by atoms with van der Waals surface area (Å²) in [7, 11) is 0. The highest BCUT2D eigenvalue weighted by Gasteiger charge is 2.11. The lowest BCUT2D eigenvalue weighted by Crippen LogP contribution is -2.03. The van der Waals surface area contributed by atoms with E-state index in [1.165, 1.54) is 11.1 Å². The molecule has 1 aliphatic rings. The fourth-order valence-corrected chi connectivity index (χ4v) is 1.90. The fourth-order valence-electron chi connectivity index (χ4n) is 1.90. The van der Waals surface area contributed by atoms with E-state index in [9.17, 15) is 0 Å². The second-order valence-electron chi connectivity index (χ2n) is 3.76. The standard InChI is InChI=1S/C15H20/c1-4-10-13(3)15(5-2)14-11-8-6-7-9-12-14/h4,6-8,10-12,15H,3,5,9H2,1-2H3/b10-4-. The Morgan fingerprint density at radius 2 is 2.33 bits per heavy atom. The first-order valence-electron chi connectivity index (χ1n) is 5.64. The van der Waals surface area contributed by atoms with Gasteiger partial charge in [-0.05, 0) is 30.9 Å².